The third-order valence-electron chi connectivity index (χ3n) is 5.17. The van der Waals surface area contributed by atoms with Crippen LogP contribution in [0, 0.1) is 6.92 Å². The van der Waals surface area contributed by atoms with E-state index in [0.717, 1.165) is 20.8 Å². The number of aryl methyl sites for hydroxylation is 1. The highest BCUT2D eigenvalue weighted by Crippen LogP contribution is 2.46. The van der Waals surface area contributed by atoms with Gasteiger partial charge in [-0.2, -0.15) is 23.4 Å². The second-order valence-corrected chi connectivity index (χ2v) is 8.38. The number of halogens is 4. The van der Waals surface area contributed by atoms with E-state index in [0.29, 0.717) is 0 Å². The molecule has 0 saturated heterocycles. The molecule has 2 atom stereocenters. The van der Waals surface area contributed by atoms with E-state index in [-0.39, 0.29) is 29.5 Å². The lowest BCUT2D eigenvalue weighted by Crippen LogP contribution is -2.35. The van der Waals surface area contributed by atoms with E-state index < -0.39 is 24.2 Å². The average molecular weight is 459 g/mol. The van der Waals surface area contributed by atoms with Crippen molar-refractivity contribution in [3.8, 4) is 0 Å². The highest BCUT2D eigenvalue weighted by Gasteiger charge is 2.48. The van der Waals surface area contributed by atoms with Gasteiger partial charge in [0, 0.05) is 36.1 Å². The number of aromatic nitrogens is 4. The van der Waals surface area contributed by atoms with Crippen LogP contribution < -0.4 is 10.6 Å². The summed E-state index contributed by atoms with van der Waals surface area (Å²) >= 11 is 7.66. The molecule has 0 spiro atoms. The van der Waals surface area contributed by atoms with Crippen molar-refractivity contribution in [2.24, 2.45) is 7.05 Å². The van der Waals surface area contributed by atoms with Crippen molar-refractivity contribution in [2.75, 3.05) is 5.32 Å². The molecule has 1 aliphatic heterocycles. The second-order valence-electron chi connectivity index (χ2n) is 7.02. The lowest BCUT2D eigenvalue weighted by molar-refractivity contribution is -0.173. The molecule has 3 aromatic rings. The minimum Gasteiger partial charge on any atom is -0.361 e. The highest BCUT2D eigenvalue weighted by molar-refractivity contribution is 7.10. The van der Waals surface area contributed by atoms with Gasteiger partial charge in [-0.15, -0.1) is 11.3 Å². The van der Waals surface area contributed by atoms with E-state index in [9.17, 15) is 18.0 Å². The Morgan fingerprint density at radius 3 is 2.83 bits per heavy atom. The maximum absolute atomic E-state index is 13.8. The number of hydrogen-bond acceptors (Lipinski definition) is 5. The SMILES string of the molecule is Cc1c(CNC(=O)c2nn3c(c2Cl)N[C@@H](c2cccs2)C[C@@H]3C(F)(F)F)cnn1C. The fourth-order valence-electron chi connectivity index (χ4n) is 3.39. The van der Waals surface area contributed by atoms with Crippen molar-refractivity contribution in [2.45, 2.75) is 38.1 Å². The smallest absolute Gasteiger partial charge is 0.361 e. The molecule has 3 aromatic heterocycles. The molecular weight excluding hydrogens is 441 g/mol. The van der Waals surface area contributed by atoms with Gasteiger partial charge in [-0.05, 0) is 18.4 Å². The van der Waals surface area contributed by atoms with E-state index in [1.807, 2.05) is 6.92 Å². The van der Waals surface area contributed by atoms with Gasteiger partial charge in [0.25, 0.3) is 5.91 Å². The topological polar surface area (TPSA) is 76.8 Å². The summed E-state index contributed by atoms with van der Waals surface area (Å²) in [5, 5.41) is 15.4. The third-order valence-corrected chi connectivity index (χ3v) is 6.52. The number of anilines is 1. The monoisotopic (exact) mass is 458 g/mol. The number of thiophene rings is 1. The lowest BCUT2D eigenvalue weighted by atomic mass is 10.0. The Hall–Kier alpha value is -2.53. The Morgan fingerprint density at radius 1 is 1.47 bits per heavy atom. The van der Waals surface area contributed by atoms with Crippen LogP contribution in [0.25, 0.3) is 0 Å². The van der Waals surface area contributed by atoms with Crippen LogP contribution in [0.2, 0.25) is 5.02 Å². The average Bonchev–Trinajstić information content (AvgIpc) is 3.41. The van der Waals surface area contributed by atoms with Crippen molar-refractivity contribution in [3.63, 3.8) is 0 Å². The zero-order chi connectivity index (χ0) is 21.6. The van der Waals surface area contributed by atoms with Gasteiger partial charge in [-0.1, -0.05) is 17.7 Å². The second kappa shape index (κ2) is 7.62. The van der Waals surface area contributed by atoms with Gasteiger partial charge in [0.2, 0.25) is 0 Å². The molecule has 4 heterocycles. The molecule has 30 heavy (non-hydrogen) atoms. The molecule has 1 amide bonds. The molecule has 0 unspecified atom stereocenters. The molecule has 0 aliphatic carbocycles. The Morgan fingerprint density at radius 2 is 2.23 bits per heavy atom. The predicted octanol–water partition coefficient (Wildman–Crippen LogP) is 4.23. The van der Waals surface area contributed by atoms with Crippen LogP contribution in [-0.4, -0.2) is 31.6 Å². The minimum atomic E-state index is -4.54. The fourth-order valence-corrected chi connectivity index (χ4v) is 4.44. The zero-order valence-corrected chi connectivity index (χ0v) is 17.6. The molecule has 0 bridgehead atoms. The fraction of sp³-hybridized carbons (Fsp3) is 0.389. The number of carbonyl (C=O) groups is 1. The quantitative estimate of drug-likeness (QED) is 0.613. The molecule has 160 valence electrons. The van der Waals surface area contributed by atoms with E-state index in [1.54, 1.807) is 35.4 Å². The third kappa shape index (κ3) is 3.67. The summed E-state index contributed by atoms with van der Waals surface area (Å²) in [5.41, 5.74) is 1.40. The molecule has 0 radical (unpaired) electrons. The van der Waals surface area contributed by atoms with Crippen LogP contribution in [0.4, 0.5) is 19.0 Å². The molecule has 2 N–H and O–H groups in total. The maximum Gasteiger partial charge on any atom is 0.410 e. The van der Waals surface area contributed by atoms with Crippen molar-refractivity contribution in [1.29, 1.82) is 0 Å². The summed E-state index contributed by atoms with van der Waals surface area (Å²) in [7, 11) is 1.77. The van der Waals surface area contributed by atoms with Crippen molar-refractivity contribution >= 4 is 34.7 Å². The van der Waals surface area contributed by atoms with Gasteiger partial charge in [-0.25, -0.2) is 4.68 Å². The van der Waals surface area contributed by atoms with Crippen LogP contribution in [0.1, 0.15) is 45.1 Å². The Kier molecular flexibility index (Phi) is 5.27. The van der Waals surface area contributed by atoms with E-state index in [4.69, 9.17) is 11.6 Å². The summed E-state index contributed by atoms with van der Waals surface area (Å²) in [6.45, 7) is 2.00. The van der Waals surface area contributed by atoms with Gasteiger partial charge in [0.1, 0.15) is 10.8 Å². The van der Waals surface area contributed by atoms with Gasteiger partial charge in [0.05, 0.1) is 12.2 Å². The van der Waals surface area contributed by atoms with Crippen molar-refractivity contribution in [3.05, 3.63) is 50.6 Å². The van der Waals surface area contributed by atoms with Crippen LogP contribution in [0.3, 0.4) is 0 Å². The lowest BCUT2D eigenvalue weighted by Gasteiger charge is -2.32. The van der Waals surface area contributed by atoms with E-state index in [2.05, 4.69) is 20.8 Å². The molecule has 0 fully saturated rings. The molecule has 0 saturated carbocycles. The van der Waals surface area contributed by atoms with Gasteiger partial charge < -0.3 is 10.6 Å². The normalized spacial score (nSPS) is 18.7. The molecule has 7 nitrogen and oxygen atoms in total. The molecular formula is C18H18ClF3N6OS. The van der Waals surface area contributed by atoms with E-state index >= 15 is 0 Å². The van der Waals surface area contributed by atoms with Crippen LogP contribution >= 0.6 is 22.9 Å². The highest BCUT2D eigenvalue weighted by atomic mass is 35.5. The van der Waals surface area contributed by atoms with Crippen LogP contribution in [0.15, 0.2) is 23.7 Å². The summed E-state index contributed by atoms with van der Waals surface area (Å²) in [6, 6.07) is 1.07. The molecule has 0 aromatic carbocycles. The zero-order valence-electron chi connectivity index (χ0n) is 16.0. The molecule has 4 rings (SSSR count). The number of fused-ring (bicyclic) bond motifs is 1. The summed E-state index contributed by atoms with van der Waals surface area (Å²) < 4.78 is 43.7. The van der Waals surface area contributed by atoms with Gasteiger partial charge in [0.15, 0.2) is 11.7 Å². The first-order chi connectivity index (χ1) is 14.2. The Balaban J connectivity index is 1.63. The maximum atomic E-state index is 13.8. The number of hydrogen-bond donors (Lipinski definition) is 2. The molecule has 1 aliphatic rings. The van der Waals surface area contributed by atoms with Crippen LogP contribution in [0.5, 0.6) is 0 Å². The first-order valence-corrected chi connectivity index (χ1v) is 10.3. The predicted molar refractivity (Wildman–Crippen MR) is 107 cm³/mol. The Bertz CT molecular complexity index is 1070. The van der Waals surface area contributed by atoms with Crippen LogP contribution in [-0.2, 0) is 13.6 Å². The molecule has 12 heteroatoms. The number of rotatable bonds is 4. The number of nitrogens with one attached hydrogen (secondary N) is 2. The number of amides is 1. The minimum absolute atomic E-state index is 0.00801. The largest absolute Gasteiger partial charge is 0.410 e. The van der Waals surface area contributed by atoms with E-state index in [1.165, 1.54) is 11.3 Å². The summed E-state index contributed by atoms with van der Waals surface area (Å²) in [6.07, 6.45) is -3.17. The first-order valence-electron chi connectivity index (χ1n) is 9.07. The van der Waals surface area contributed by atoms with Crippen molar-refractivity contribution < 1.29 is 18.0 Å². The summed E-state index contributed by atoms with van der Waals surface area (Å²) in [5.74, 6) is -0.660. The standard InChI is InChI=1S/C18H18ClF3N6OS/c1-9-10(8-24-27(9)2)7-23-17(29)15-14(19)16-25-11(12-4-3-5-30-12)6-13(18(20,21)22)28(16)26-15/h3-5,8,11,13,25H,6-7H2,1-2H3,(H,23,29)/t11-,13-/m1/s1. The Labute approximate surface area is 178 Å². The number of nitrogens with zero attached hydrogens (tertiary/aromatic N) is 4. The number of carbonyl (C=O) groups excluding carboxylic acids is 1. The number of alkyl halides is 3. The first kappa shape index (κ1) is 20.7. The van der Waals surface area contributed by atoms with Crippen molar-refractivity contribution in [1.82, 2.24) is 24.9 Å². The van der Waals surface area contributed by atoms with Gasteiger partial charge in [-0.3, -0.25) is 9.48 Å². The summed E-state index contributed by atoms with van der Waals surface area (Å²) in [4.78, 5) is 13.4. The van der Waals surface area contributed by atoms with Gasteiger partial charge >= 0.3 is 6.18 Å².